The zero-order valence-electron chi connectivity index (χ0n) is 14.1. The molecule has 0 atom stereocenters. The van der Waals surface area contributed by atoms with Gasteiger partial charge in [0.1, 0.15) is 17.4 Å². The average molecular weight is 341 g/mol. The van der Waals surface area contributed by atoms with Gasteiger partial charge in [0.25, 0.3) is 0 Å². The number of hydrogen-bond acceptors (Lipinski definition) is 3. The second-order valence-corrected chi connectivity index (χ2v) is 6.06. The van der Waals surface area contributed by atoms with Gasteiger partial charge in [-0.3, -0.25) is 0 Å². The van der Waals surface area contributed by atoms with Gasteiger partial charge in [0, 0.05) is 52.2 Å². The quantitative estimate of drug-likeness (QED) is 0.929. The van der Waals surface area contributed by atoms with Gasteiger partial charge in [-0.2, -0.15) is 5.26 Å². The minimum absolute atomic E-state index is 0.0597. The van der Waals surface area contributed by atoms with Crippen LogP contribution in [0, 0.1) is 17.1 Å². The molecule has 1 aliphatic heterocycles. The van der Waals surface area contributed by atoms with E-state index in [1.807, 2.05) is 41.0 Å². The summed E-state index contributed by atoms with van der Waals surface area (Å²) >= 11 is 0. The van der Waals surface area contributed by atoms with Gasteiger partial charge in [0.2, 0.25) is 0 Å². The highest BCUT2D eigenvalue weighted by atomic mass is 19.1. The monoisotopic (exact) mass is 341 g/mol. The number of halogens is 1. The number of nitrogens with one attached hydrogen (secondary N) is 1. The van der Waals surface area contributed by atoms with Crippen molar-refractivity contribution >= 4 is 11.7 Å². The molecule has 1 fully saturated rings. The molecular formula is C18H20FN5O. The van der Waals surface area contributed by atoms with Gasteiger partial charge >= 0.3 is 6.03 Å². The van der Waals surface area contributed by atoms with Crippen LogP contribution in [0.4, 0.5) is 14.9 Å². The molecule has 130 valence electrons. The molecule has 2 amide bonds. The molecule has 0 aliphatic carbocycles. The minimum atomic E-state index is -0.511. The van der Waals surface area contributed by atoms with Crippen molar-refractivity contribution < 1.29 is 9.18 Å². The Labute approximate surface area is 146 Å². The number of urea groups is 1. The summed E-state index contributed by atoms with van der Waals surface area (Å²) in [5.41, 5.74) is 1.70. The second-order valence-electron chi connectivity index (χ2n) is 6.06. The predicted molar refractivity (Wildman–Crippen MR) is 92.5 cm³/mol. The highest BCUT2D eigenvalue weighted by Crippen LogP contribution is 2.23. The summed E-state index contributed by atoms with van der Waals surface area (Å²) in [6, 6.07) is 8.41. The van der Waals surface area contributed by atoms with E-state index in [2.05, 4.69) is 5.32 Å². The van der Waals surface area contributed by atoms with Crippen LogP contribution in [0.3, 0.4) is 0 Å². The first kappa shape index (κ1) is 16.8. The number of nitrogens with zero attached hydrogens (tertiary/aromatic N) is 4. The van der Waals surface area contributed by atoms with Gasteiger partial charge in [-0.1, -0.05) is 6.07 Å². The molecule has 1 aromatic heterocycles. The van der Waals surface area contributed by atoms with Crippen LogP contribution in [-0.4, -0.2) is 41.7 Å². The lowest BCUT2D eigenvalue weighted by Crippen LogP contribution is -2.51. The van der Waals surface area contributed by atoms with Crippen LogP contribution in [0.1, 0.15) is 11.1 Å². The lowest BCUT2D eigenvalue weighted by atomic mass is 10.1. The van der Waals surface area contributed by atoms with Gasteiger partial charge in [-0.25, -0.2) is 9.18 Å². The van der Waals surface area contributed by atoms with E-state index in [9.17, 15) is 9.18 Å². The number of amides is 2. The fourth-order valence-electron chi connectivity index (χ4n) is 2.99. The van der Waals surface area contributed by atoms with E-state index in [0.717, 1.165) is 5.56 Å². The summed E-state index contributed by atoms with van der Waals surface area (Å²) in [5.74, 6) is -0.511. The first-order chi connectivity index (χ1) is 12.1. The first-order valence-corrected chi connectivity index (χ1v) is 8.15. The molecule has 25 heavy (non-hydrogen) atoms. The number of carbonyl (C=O) groups is 1. The van der Waals surface area contributed by atoms with Crippen LogP contribution in [0.2, 0.25) is 0 Å². The van der Waals surface area contributed by atoms with Gasteiger partial charge in [-0.05, 0) is 23.8 Å². The number of hydrogen-bond donors (Lipinski definition) is 1. The minimum Gasteiger partial charge on any atom is -0.367 e. The van der Waals surface area contributed by atoms with Crippen LogP contribution in [0.5, 0.6) is 0 Å². The highest BCUT2D eigenvalue weighted by Gasteiger charge is 2.23. The zero-order valence-corrected chi connectivity index (χ0v) is 14.1. The predicted octanol–water partition coefficient (Wildman–Crippen LogP) is 2.07. The maximum absolute atomic E-state index is 13.7. The molecule has 0 saturated carbocycles. The molecule has 0 spiro atoms. The fraction of sp³-hybridized carbons (Fsp3) is 0.333. The zero-order chi connectivity index (χ0) is 17.8. The summed E-state index contributed by atoms with van der Waals surface area (Å²) < 4.78 is 15.7. The van der Waals surface area contributed by atoms with Crippen molar-refractivity contribution in [2.45, 2.75) is 6.54 Å². The van der Waals surface area contributed by atoms with Crippen molar-refractivity contribution in [3.8, 4) is 6.07 Å². The van der Waals surface area contributed by atoms with Crippen LogP contribution in [0.15, 0.2) is 36.7 Å². The van der Waals surface area contributed by atoms with E-state index in [1.54, 1.807) is 17.0 Å². The van der Waals surface area contributed by atoms with Crippen molar-refractivity contribution in [1.82, 2.24) is 14.8 Å². The van der Waals surface area contributed by atoms with Gasteiger partial charge in [-0.15, -0.1) is 0 Å². The summed E-state index contributed by atoms with van der Waals surface area (Å²) in [6.45, 7) is 2.68. The molecule has 2 aromatic rings. The molecule has 1 aromatic carbocycles. The molecule has 3 rings (SSSR count). The largest absolute Gasteiger partial charge is 0.367 e. The number of benzene rings is 1. The van der Waals surface area contributed by atoms with Gasteiger partial charge < -0.3 is 19.7 Å². The van der Waals surface area contributed by atoms with Crippen molar-refractivity contribution in [2.75, 3.05) is 31.1 Å². The van der Waals surface area contributed by atoms with Crippen LogP contribution >= 0.6 is 0 Å². The number of carbonyl (C=O) groups excluding carboxylic acids is 1. The van der Waals surface area contributed by atoms with Crippen LogP contribution in [-0.2, 0) is 13.6 Å². The first-order valence-electron chi connectivity index (χ1n) is 8.15. The summed E-state index contributed by atoms with van der Waals surface area (Å²) in [7, 11) is 1.94. The number of piperazine rings is 1. The summed E-state index contributed by atoms with van der Waals surface area (Å²) in [5, 5.41) is 12.1. The number of aryl methyl sites for hydroxylation is 1. The third kappa shape index (κ3) is 3.74. The summed E-state index contributed by atoms with van der Waals surface area (Å²) in [6.07, 6.45) is 3.90. The maximum Gasteiger partial charge on any atom is 0.317 e. The normalized spacial score (nSPS) is 14.3. The molecule has 2 heterocycles. The average Bonchev–Trinajstić information content (AvgIpc) is 3.05. The third-order valence-corrected chi connectivity index (χ3v) is 4.35. The number of aromatic nitrogens is 1. The Balaban J connectivity index is 1.56. The van der Waals surface area contributed by atoms with Gasteiger partial charge in [0.15, 0.2) is 0 Å². The number of anilines is 1. The fourth-order valence-corrected chi connectivity index (χ4v) is 2.99. The SMILES string of the molecule is Cn1ccc(CNC(=O)N2CCN(c3cccc(F)c3C#N)CC2)c1. The Morgan fingerprint density at radius 3 is 2.68 bits per heavy atom. The van der Waals surface area contributed by atoms with E-state index in [-0.39, 0.29) is 11.6 Å². The lowest BCUT2D eigenvalue weighted by molar-refractivity contribution is 0.194. The highest BCUT2D eigenvalue weighted by molar-refractivity contribution is 5.74. The molecule has 6 nitrogen and oxygen atoms in total. The number of rotatable bonds is 3. The van der Waals surface area contributed by atoms with E-state index in [4.69, 9.17) is 5.26 Å². The number of nitriles is 1. The van der Waals surface area contributed by atoms with E-state index >= 15 is 0 Å². The van der Waals surface area contributed by atoms with E-state index in [1.165, 1.54) is 6.07 Å². The Bertz CT molecular complexity index is 802. The molecule has 1 N–H and O–H groups in total. The van der Waals surface area contributed by atoms with Crippen molar-refractivity contribution in [2.24, 2.45) is 7.05 Å². The van der Waals surface area contributed by atoms with Crippen molar-refractivity contribution in [3.63, 3.8) is 0 Å². The lowest BCUT2D eigenvalue weighted by Gasteiger charge is -2.36. The Morgan fingerprint density at radius 1 is 1.28 bits per heavy atom. The van der Waals surface area contributed by atoms with Crippen molar-refractivity contribution in [3.05, 3.63) is 53.6 Å². The molecule has 0 unspecified atom stereocenters. The van der Waals surface area contributed by atoms with Gasteiger partial charge in [0.05, 0.1) is 5.69 Å². The molecule has 0 radical (unpaired) electrons. The Kier molecular flexibility index (Phi) is 4.89. The maximum atomic E-state index is 13.7. The molecule has 1 aliphatic rings. The third-order valence-electron chi connectivity index (χ3n) is 4.35. The molecule has 7 heteroatoms. The Morgan fingerprint density at radius 2 is 2.04 bits per heavy atom. The smallest absolute Gasteiger partial charge is 0.317 e. The van der Waals surface area contributed by atoms with E-state index in [0.29, 0.717) is 38.4 Å². The van der Waals surface area contributed by atoms with E-state index < -0.39 is 5.82 Å². The molecule has 1 saturated heterocycles. The topological polar surface area (TPSA) is 64.3 Å². The molecule has 0 bridgehead atoms. The van der Waals surface area contributed by atoms with Crippen molar-refractivity contribution in [1.29, 1.82) is 5.26 Å². The summed E-state index contributed by atoms with van der Waals surface area (Å²) in [4.78, 5) is 16.0. The molecular weight excluding hydrogens is 321 g/mol. The second kappa shape index (κ2) is 7.26. The van der Waals surface area contributed by atoms with Crippen LogP contribution in [0.25, 0.3) is 0 Å². The van der Waals surface area contributed by atoms with Crippen LogP contribution < -0.4 is 10.2 Å². The standard InChI is InChI=1S/C18H20FN5O/c1-22-6-5-14(13-22)12-21-18(25)24-9-7-23(8-10-24)17-4-2-3-16(19)15(17)11-20/h2-6,13H,7-10,12H2,1H3,(H,21,25). The Hall–Kier alpha value is -3.01.